The van der Waals surface area contributed by atoms with E-state index in [9.17, 15) is 13.2 Å². The molecule has 2 aliphatic heterocycles. The summed E-state index contributed by atoms with van der Waals surface area (Å²) in [5.41, 5.74) is 0.903. The van der Waals surface area contributed by atoms with Crippen molar-refractivity contribution in [1.29, 1.82) is 0 Å². The van der Waals surface area contributed by atoms with Crippen LogP contribution in [0.2, 0.25) is 0 Å². The van der Waals surface area contributed by atoms with Gasteiger partial charge >= 0.3 is 0 Å². The number of hydrogen-bond donors (Lipinski definition) is 2. The van der Waals surface area contributed by atoms with Crippen LogP contribution in [0.4, 0.5) is 0 Å². The highest BCUT2D eigenvalue weighted by atomic mass is 32.2. The van der Waals surface area contributed by atoms with E-state index >= 15 is 0 Å². The molecule has 0 bridgehead atoms. The molecule has 2 saturated heterocycles. The third-order valence-electron chi connectivity index (χ3n) is 4.55. The molecule has 2 N–H and O–H groups in total. The summed E-state index contributed by atoms with van der Waals surface area (Å²) in [6.45, 7) is 2.58. The molecule has 3 rings (SSSR count). The number of nitrogens with zero attached hydrogens (tertiary/aromatic N) is 1. The molecule has 1 atom stereocenters. The summed E-state index contributed by atoms with van der Waals surface area (Å²) in [6, 6.07) is 7.06. The maximum absolute atomic E-state index is 12.5. The molecule has 138 valence electrons. The summed E-state index contributed by atoms with van der Waals surface area (Å²) in [4.78, 5) is 12.3. The van der Waals surface area contributed by atoms with Crippen molar-refractivity contribution in [1.82, 2.24) is 14.9 Å². The van der Waals surface area contributed by atoms with Gasteiger partial charge in [-0.2, -0.15) is 16.1 Å². The zero-order chi connectivity index (χ0) is 17.7. The molecule has 0 aliphatic carbocycles. The van der Waals surface area contributed by atoms with Crippen LogP contribution in [0.25, 0.3) is 0 Å². The number of thioether (sulfide) groups is 1. The SMILES string of the molecule is O=C(CC1CSCCN1)NCc1ccc(S(=O)(=O)N2CCCC2)cc1. The van der Waals surface area contributed by atoms with E-state index in [2.05, 4.69) is 10.6 Å². The van der Waals surface area contributed by atoms with E-state index in [1.54, 1.807) is 28.6 Å². The first-order valence-electron chi connectivity index (χ1n) is 8.72. The van der Waals surface area contributed by atoms with Gasteiger partial charge in [0.1, 0.15) is 0 Å². The number of rotatable bonds is 6. The summed E-state index contributed by atoms with van der Waals surface area (Å²) >= 11 is 1.87. The number of nitrogens with one attached hydrogen (secondary N) is 2. The molecule has 2 heterocycles. The van der Waals surface area contributed by atoms with E-state index in [-0.39, 0.29) is 11.9 Å². The van der Waals surface area contributed by atoms with Gasteiger partial charge in [-0.25, -0.2) is 8.42 Å². The molecule has 2 aliphatic rings. The Morgan fingerprint density at radius 2 is 1.96 bits per heavy atom. The molecule has 1 amide bonds. The fraction of sp³-hybridized carbons (Fsp3) is 0.588. The van der Waals surface area contributed by atoms with Crippen molar-refractivity contribution in [3.63, 3.8) is 0 Å². The molecule has 1 unspecified atom stereocenters. The molecule has 1 aromatic rings. The number of amides is 1. The van der Waals surface area contributed by atoms with Gasteiger partial charge in [-0.15, -0.1) is 0 Å². The van der Waals surface area contributed by atoms with E-state index in [4.69, 9.17) is 0 Å². The Labute approximate surface area is 153 Å². The van der Waals surface area contributed by atoms with Crippen LogP contribution in [0.3, 0.4) is 0 Å². The highest BCUT2D eigenvalue weighted by Crippen LogP contribution is 2.21. The topological polar surface area (TPSA) is 78.5 Å². The third kappa shape index (κ3) is 4.97. The minimum absolute atomic E-state index is 0.0220. The largest absolute Gasteiger partial charge is 0.352 e. The quantitative estimate of drug-likeness (QED) is 0.771. The van der Waals surface area contributed by atoms with Gasteiger partial charge in [-0.3, -0.25) is 4.79 Å². The summed E-state index contributed by atoms with van der Waals surface area (Å²) in [5.74, 6) is 2.09. The normalized spacial score (nSPS) is 22.0. The maximum atomic E-state index is 12.5. The van der Waals surface area contributed by atoms with Crippen molar-refractivity contribution in [2.75, 3.05) is 31.1 Å². The standard InChI is InChI=1S/C17H25N3O3S2/c21-17(11-15-13-24-10-7-18-15)19-12-14-3-5-16(6-4-14)25(22,23)20-8-1-2-9-20/h3-6,15,18H,1-2,7-13H2,(H,19,21). The molecule has 0 aromatic heterocycles. The van der Waals surface area contributed by atoms with E-state index in [0.717, 1.165) is 36.5 Å². The number of sulfonamides is 1. The molecule has 2 fully saturated rings. The predicted molar refractivity (Wildman–Crippen MR) is 100 cm³/mol. The molecule has 0 saturated carbocycles. The Bertz CT molecular complexity index is 680. The molecule has 0 radical (unpaired) electrons. The lowest BCUT2D eigenvalue weighted by Crippen LogP contribution is -2.41. The Kier molecular flexibility index (Phi) is 6.38. The number of benzene rings is 1. The van der Waals surface area contributed by atoms with E-state index in [1.807, 2.05) is 11.8 Å². The Hall–Kier alpha value is -1.09. The molecule has 1 aromatic carbocycles. The van der Waals surface area contributed by atoms with Crippen LogP contribution in [0.1, 0.15) is 24.8 Å². The molecule has 6 nitrogen and oxygen atoms in total. The fourth-order valence-electron chi connectivity index (χ4n) is 3.10. The van der Waals surface area contributed by atoms with Crippen LogP contribution < -0.4 is 10.6 Å². The van der Waals surface area contributed by atoms with E-state index < -0.39 is 10.0 Å². The average molecular weight is 384 g/mol. The van der Waals surface area contributed by atoms with Crippen LogP contribution in [0, 0.1) is 0 Å². The second kappa shape index (κ2) is 8.53. The smallest absolute Gasteiger partial charge is 0.243 e. The van der Waals surface area contributed by atoms with Gasteiger partial charge in [-0.1, -0.05) is 12.1 Å². The van der Waals surface area contributed by atoms with Gasteiger partial charge in [0, 0.05) is 50.1 Å². The summed E-state index contributed by atoms with van der Waals surface area (Å²) < 4.78 is 26.5. The summed E-state index contributed by atoms with van der Waals surface area (Å²) in [7, 11) is -3.37. The van der Waals surface area contributed by atoms with Crippen LogP contribution in [0.15, 0.2) is 29.2 Å². The maximum Gasteiger partial charge on any atom is 0.243 e. The van der Waals surface area contributed by atoms with Crippen molar-refractivity contribution in [2.24, 2.45) is 0 Å². The molecular weight excluding hydrogens is 358 g/mol. The highest BCUT2D eigenvalue weighted by molar-refractivity contribution is 7.99. The number of carbonyl (C=O) groups excluding carboxylic acids is 1. The van der Waals surface area contributed by atoms with Gasteiger partial charge in [0.2, 0.25) is 15.9 Å². The zero-order valence-electron chi connectivity index (χ0n) is 14.2. The lowest BCUT2D eigenvalue weighted by Gasteiger charge is -2.22. The van der Waals surface area contributed by atoms with Crippen LogP contribution in [0.5, 0.6) is 0 Å². The average Bonchev–Trinajstić information content (AvgIpc) is 3.17. The van der Waals surface area contributed by atoms with E-state index in [0.29, 0.717) is 31.0 Å². The van der Waals surface area contributed by atoms with Gasteiger partial charge in [0.05, 0.1) is 4.90 Å². The van der Waals surface area contributed by atoms with Crippen LogP contribution >= 0.6 is 11.8 Å². The number of hydrogen-bond acceptors (Lipinski definition) is 5. The van der Waals surface area contributed by atoms with Crippen molar-refractivity contribution >= 4 is 27.7 Å². The van der Waals surface area contributed by atoms with Gasteiger partial charge in [0.25, 0.3) is 0 Å². The van der Waals surface area contributed by atoms with Crippen molar-refractivity contribution in [2.45, 2.75) is 36.7 Å². The highest BCUT2D eigenvalue weighted by Gasteiger charge is 2.26. The van der Waals surface area contributed by atoms with Crippen LogP contribution in [-0.2, 0) is 21.4 Å². The second-order valence-corrected chi connectivity index (χ2v) is 9.55. The monoisotopic (exact) mass is 383 g/mol. The minimum atomic E-state index is -3.37. The summed E-state index contributed by atoms with van der Waals surface area (Å²) in [5, 5.41) is 6.26. The number of carbonyl (C=O) groups is 1. The fourth-order valence-corrected chi connectivity index (χ4v) is 5.57. The second-order valence-electron chi connectivity index (χ2n) is 6.46. The van der Waals surface area contributed by atoms with Gasteiger partial charge in [-0.05, 0) is 30.5 Å². The van der Waals surface area contributed by atoms with Gasteiger partial charge < -0.3 is 10.6 Å². The Morgan fingerprint density at radius 1 is 1.24 bits per heavy atom. The molecule has 25 heavy (non-hydrogen) atoms. The predicted octanol–water partition coefficient (Wildman–Crippen LogP) is 1.18. The first-order chi connectivity index (χ1) is 12.1. The Morgan fingerprint density at radius 3 is 2.60 bits per heavy atom. The summed E-state index contributed by atoms with van der Waals surface area (Å²) in [6.07, 6.45) is 2.34. The third-order valence-corrected chi connectivity index (χ3v) is 7.59. The molecule has 0 spiro atoms. The molecular formula is C17H25N3O3S2. The van der Waals surface area contributed by atoms with E-state index in [1.165, 1.54) is 0 Å². The zero-order valence-corrected chi connectivity index (χ0v) is 15.9. The first kappa shape index (κ1) is 18.7. The first-order valence-corrected chi connectivity index (χ1v) is 11.3. The minimum Gasteiger partial charge on any atom is -0.352 e. The molecule has 8 heteroatoms. The Balaban J connectivity index is 1.51. The van der Waals surface area contributed by atoms with Crippen molar-refractivity contribution < 1.29 is 13.2 Å². The van der Waals surface area contributed by atoms with Crippen molar-refractivity contribution in [3.8, 4) is 0 Å². The lowest BCUT2D eigenvalue weighted by molar-refractivity contribution is -0.121. The van der Waals surface area contributed by atoms with Crippen LogP contribution in [-0.4, -0.2) is 55.8 Å². The lowest BCUT2D eigenvalue weighted by atomic mass is 10.2. The van der Waals surface area contributed by atoms with Gasteiger partial charge in [0.15, 0.2) is 0 Å². The van der Waals surface area contributed by atoms with Crippen molar-refractivity contribution in [3.05, 3.63) is 29.8 Å².